The third-order valence-electron chi connectivity index (χ3n) is 1.54. The summed E-state index contributed by atoms with van der Waals surface area (Å²) in [6.45, 7) is 6.40. The van der Waals surface area contributed by atoms with Gasteiger partial charge in [0.2, 0.25) is 0 Å². The van der Waals surface area contributed by atoms with Crippen LogP contribution in [-0.4, -0.2) is 10.2 Å². The van der Waals surface area contributed by atoms with Crippen LogP contribution >= 0.6 is 15.9 Å². The fourth-order valence-corrected chi connectivity index (χ4v) is 1.33. The first-order valence-electron chi connectivity index (χ1n) is 3.80. The van der Waals surface area contributed by atoms with Crippen LogP contribution in [-0.2, 0) is 6.42 Å². The summed E-state index contributed by atoms with van der Waals surface area (Å²) in [5.74, 6) is 0.661. The fourth-order valence-electron chi connectivity index (χ4n) is 0.988. The lowest BCUT2D eigenvalue weighted by Gasteiger charge is -2.00. The molecule has 1 aromatic heterocycles. The number of aromatic nitrogens is 2. The van der Waals surface area contributed by atoms with Gasteiger partial charge in [-0.2, -0.15) is 5.10 Å². The topological polar surface area (TPSA) is 28.7 Å². The standard InChI is InChI=1S/C8H13BrN2/c1-5(2)4-7-8(9)6(3)10-11-7/h5H,4H2,1-3H3,(H,10,11). The molecule has 0 unspecified atom stereocenters. The Balaban J connectivity index is 2.79. The Morgan fingerprint density at radius 1 is 1.55 bits per heavy atom. The zero-order valence-corrected chi connectivity index (χ0v) is 8.70. The molecular formula is C8H13BrN2. The van der Waals surface area contributed by atoms with Crippen molar-refractivity contribution >= 4 is 15.9 Å². The van der Waals surface area contributed by atoms with Gasteiger partial charge in [-0.15, -0.1) is 0 Å². The Hall–Kier alpha value is -0.310. The molecule has 0 spiro atoms. The summed E-state index contributed by atoms with van der Waals surface area (Å²) in [4.78, 5) is 0. The number of hydrogen-bond acceptors (Lipinski definition) is 1. The van der Waals surface area contributed by atoms with Gasteiger partial charge in [0.05, 0.1) is 10.2 Å². The number of hydrogen-bond donors (Lipinski definition) is 1. The summed E-state index contributed by atoms with van der Waals surface area (Å²) in [6, 6.07) is 0. The Morgan fingerprint density at radius 2 is 2.18 bits per heavy atom. The molecule has 0 atom stereocenters. The van der Waals surface area contributed by atoms with E-state index in [-0.39, 0.29) is 0 Å². The van der Waals surface area contributed by atoms with Crippen molar-refractivity contribution < 1.29 is 0 Å². The lowest BCUT2D eigenvalue weighted by molar-refractivity contribution is 0.632. The van der Waals surface area contributed by atoms with Gasteiger partial charge >= 0.3 is 0 Å². The first kappa shape index (κ1) is 8.78. The van der Waals surface area contributed by atoms with Crippen molar-refractivity contribution in [3.8, 4) is 0 Å². The van der Waals surface area contributed by atoms with Crippen molar-refractivity contribution in [1.29, 1.82) is 0 Å². The molecule has 0 fully saturated rings. The molecule has 0 saturated heterocycles. The van der Waals surface area contributed by atoms with Crippen LogP contribution in [0.1, 0.15) is 25.2 Å². The van der Waals surface area contributed by atoms with Crippen LogP contribution in [0.2, 0.25) is 0 Å². The Morgan fingerprint density at radius 3 is 2.55 bits per heavy atom. The SMILES string of the molecule is Cc1[nH]nc(CC(C)C)c1Br. The minimum absolute atomic E-state index is 0.661. The lowest BCUT2D eigenvalue weighted by atomic mass is 10.1. The van der Waals surface area contributed by atoms with Crippen LogP contribution in [0.5, 0.6) is 0 Å². The Bertz CT molecular complexity index is 240. The molecule has 0 aliphatic rings. The van der Waals surface area contributed by atoms with Crippen molar-refractivity contribution in [2.45, 2.75) is 27.2 Å². The van der Waals surface area contributed by atoms with Crippen LogP contribution in [0.15, 0.2) is 4.47 Å². The summed E-state index contributed by atoms with van der Waals surface area (Å²) in [7, 11) is 0. The minimum Gasteiger partial charge on any atom is -0.281 e. The van der Waals surface area contributed by atoms with Gasteiger partial charge in [0, 0.05) is 5.69 Å². The third-order valence-corrected chi connectivity index (χ3v) is 2.60. The summed E-state index contributed by atoms with van der Waals surface area (Å²) in [5.41, 5.74) is 2.25. The highest BCUT2D eigenvalue weighted by Gasteiger charge is 2.07. The average Bonchev–Trinajstić information content (AvgIpc) is 2.18. The molecular weight excluding hydrogens is 204 g/mol. The maximum absolute atomic E-state index is 4.18. The smallest absolute Gasteiger partial charge is 0.0769 e. The number of aryl methyl sites for hydroxylation is 1. The number of nitrogens with zero attached hydrogens (tertiary/aromatic N) is 1. The number of aromatic amines is 1. The predicted octanol–water partition coefficient (Wildman–Crippen LogP) is 2.68. The van der Waals surface area contributed by atoms with Crippen molar-refractivity contribution in [3.63, 3.8) is 0 Å². The van der Waals surface area contributed by atoms with Crippen molar-refractivity contribution in [3.05, 3.63) is 15.9 Å². The second-order valence-corrected chi connectivity index (χ2v) is 4.00. The van der Waals surface area contributed by atoms with E-state index in [9.17, 15) is 0 Å². The van der Waals surface area contributed by atoms with E-state index in [4.69, 9.17) is 0 Å². The first-order valence-corrected chi connectivity index (χ1v) is 4.60. The highest BCUT2D eigenvalue weighted by molar-refractivity contribution is 9.10. The number of rotatable bonds is 2. The zero-order valence-electron chi connectivity index (χ0n) is 7.11. The fraction of sp³-hybridized carbons (Fsp3) is 0.625. The van der Waals surface area contributed by atoms with Crippen LogP contribution in [0.3, 0.4) is 0 Å². The molecule has 0 amide bonds. The molecule has 0 aliphatic heterocycles. The first-order chi connectivity index (χ1) is 5.11. The Kier molecular flexibility index (Phi) is 2.71. The molecule has 3 heteroatoms. The molecule has 0 saturated carbocycles. The second-order valence-electron chi connectivity index (χ2n) is 3.21. The summed E-state index contributed by atoms with van der Waals surface area (Å²) >= 11 is 3.48. The largest absolute Gasteiger partial charge is 0.281 e. The Labute approximate surface area is 75.5 Å². The van der Waals surface area contributed by atoms with E-state index < -0.39 is 0 Å². The maximum Gasteiger partial charge on any atom is 0.0769 e. The highest BCUT2D eigenvalue weighted by Crippen LogP contribution is 2.20. The van der Waals surface area contributed by atoms with E-state index in [0.717, 1.165) is 22.3 Å². The molecule has 2 nitrogen and oxygen atoms in total. The minimum atomic E-state index is 0.661. The van der Waals surface area contributed by atoms with E-state index >= 15 is 0 Å². The van der Waals surface area contributed by atoms with E-state index in [1.165, 1.54) is 0 Å². The van der Waals surface area contributed by atoms with E-state index in [1.807, 2.05) is 6.92 Å². The van der Waals surface area contributed by atoms with Gasteiger partial charge in [-0.3, -0.25) is 5.10 Å². The summed E-state index contributed by atoms with van der Waals surface area (Å²) < 4.78 is 1.13. The molecule has 1 rings (SSSR count). The van der Waals surface area contributed by atoms with Crippen LogP contribution in [0.25, 0.3) is 0 Å². The maximum atomic E-state index is 4.18. The van der Waals surface area contributed by atoms with Crippen molar-refractivity contribution in [2.24, 2.45) is 5.92 Å². The van der Waals surface area contributed by atoms with Crippen molar-refractivity contribution in [1.82, 2.24) is 10.2 Å². The lowest BCUT2D eigenvalue weighted by Crippen LogP contribution is -1.94. The third kappa shape index (κ3) is 2.06. The molecule has 0 aromatic carbocycles. The van der Waals surface area contributed by atoms with Crippen LogP contribution in [0, 0.1) is 12.8 Å². The number of halogens is 1. The normalized spacial score (nSPS) is 11.0. The molecule has 1 N–H and O–H groups in total. The van der Waals surface area contributed by atoms with E-state index in [0.29, 0.717) is 5.92 Å². The molecule has 0 bridgehead atoms. The van der Waals surface area contributed by atoms with Crippen LogP contribution in [0.4, 0.5) is 0 Å². The van der Waals surface area contributed by atoms with Crippen LogP contribution < -0.4 is 0 Å². The number of nitrogens with one attached hydrogen (secondary N) is 1. The van der Waals surface area contributed by atoms with Gasteiger partial charge in [0.25, 0.3) is 0 Å². The molecule has 62 valence electrons. The summed E-state index contributed by atoms with van der Waals surface area (Å²) in [5, 5.41) is 7.13. The quantitative estimate of drug-likeness (QED) is 0.810. The van der Waals surface area contributed by atoms with E-state index in [2.05, 4.69) is 40.0 Å². The zero-order chi connectivity index (χ0) is 8.43. The van der Waals surface area contributed by atoms with Gasteiger partial charge in [-0.25, -0.2) is 0 Å². The second kappa shape index (κ2) is 3.39. The monoisotopic (exact) mass is 216 g/mol. The molecule has 0 radical (unpaired) electrons. The van der Waals surface area contributed by atoms with Gasteiger partial charge in [0.1, 0.15) is 0 Å². The van der Waals surface area contributed by atoms with Gasteiger partial charge < -0.3 is 0 Å². The van der Waals surface area contributed by atoms with Gasteiger partial charge in [-0.1, -0.05) is 13.8 Å². The predicted molar refractivity (Wildman–Crippen MR) is 49.6 cm³/mol. The average molecular weight is 217 g/mol. The molecule has 1 aromatic rings. The highest BCUT2D eigenvalue weighted by atomic mass is 79.9. The van der Waals surface area contributed by atoms with Gasteiger partial charge in [0.15, 0.2) is 0 Å². The van der Waals surface area contributed by atoms with Crippen molar-refractivity contribution in [2.75, 3.05) is 0 Å². The summed E-state index contributed by atoms with van der Waals surface area (Å²) in [6.07, 6.45) is 1.03. The molecule has 1 heterocycles. The number of H-pyrrole nitrogens is 1. The molecule has 11 heavy (non-hydrogen) atoms. The molecule has 0 aliphatic carbocycles. The van der Waals surface area contributed by atoms with E-state index in [1.54, 1.807) is 0 Å². The van der Waals surface area contributed by atoms with Gasteiger partial charge in [-0.05, 0) is 35.2 Å².